The van der Waals surface area contributed by atoms with E-state index in [9.17, 15) is 14.7 Å². The average Bonchev–Trinajstić information content (AvgIpc) is 2.86. The second-order valence-electron chi connectivity index (χ2n) is 7.21. The van der Waals surface area contributed by atoms with E-state index in [1.807, 2.05) is 31.2 Å². The Morgan fingerprint density at radius 3 is 2.58 bits per heavy atom. The Hall–Kier alpha value is -2.08. The Bertz CT molecular complexity index is 624. The summed E-state index contributed by atoms with van der Waals surface area (Å²) in [6.07, 6.45) is -1.11. The first-order valence-corrected chi connectivity index (χ1v) is 8.12. The summed E-state index contributed by atoms with van der Waals surface area (Å²) in [6, 6.07) is 6.59. The Kier molecular flexibility index (Phi) is 5.18. The van der Waals surface area contributed by atoms with Gasteiger partial charge < -0.3 is 14.7 Å². The lowest BCUT2D eigenvalue weighted by molar-refractivity contribution is -0.125. The van der Waals surface area contributed by atoms with Crippen LogP contribution in [-0.4, -0.2) is 53.3 Å². The number of likely N-dealkylation sites (N-methyl/N-ethyl adjacent to an activating group) is 1. The van der Waals surface area contributed by atoms with E-state index < -0.39 is 23.8 Å². The number of hydrogen-bond donors (Lipinski definition) is 1. The van der Waals surface area contributed by atoms with E-state index in [4.69, 9.17) is 4.74 Å². The van der Waals surface area contributed by atoms with Crippen molar-refractivity contribution >= 4 is 17.7 Å². The molecule has 6 heteroatoms. The van der Waals surface area contributed by atoms with E-state index in [2.05, 4.69) is 0 Å². The van der Waals surface area contributed by atoms with Crippen molar-refractivity contribution in [3.05, 3.63) is 29.8 Å². The van der Waals surface area contributed by atoms with Crippen LogP contribution in [0.2, 0.25) is 0 Å². The molecule has 24 heavy (non-hydrogen) atoms. The van der Waals surface area contributed by atoms with Crippen LogP contribution in [0.3, 0.4) is 0 Å². The average molecular weight is 334 g/mol. The predicted octanol–water partition coefficient (Wildman–Crippen LogP) is 2.33. The highest BCUT2D eigenvalue weighted by Crippen LogP contribution is 2.25. The van der Waals surface area contributed by atoms with Gasteiger partial charge in [0.25, 0.3) is 5.91 Å². The number of aryl methyl sites for hydroxylation is 1. The molecule has 0 aromatic heterocycles. The quantitative estimate of drug-likeness (QED) is 0.901. The van der Waals surface area contributed by atoms with Gasteiger partial charge in [0.1, 0.15) is 11.6 Å². The minimum absolute atomic E-state index is 0.300. The number of amides is 2. The number of carbonyl (C=O) groups excluding carboxylic acids is 2. The van der Waals surface area contributed by atoms with Gasteiger partial charge in [-0.15, -0.1) is 0 Å². The number of anilines is 1. The van der Waals surface area contributed by atoms with Gasteiger partial charge in [-0.3, -0.25) is 9.69 Å². The third kappa shape index (κ3) is 4.06. The van der Waals surface area contributed by atoms with Crippen LogP contribution in [0.5, 0.6) is 0 Å². The molecule has 1 aromatic rings. The lowest BCUT2D eigenvalue weighted by Gasteiger charge is -2.31. The van der Waals surface area contributed by atoms with Crippen LogP contribution in [0.15, 0.2) is 24.3 Å². The first-order chi connectivity index (χ1) is 11.1. The molecule has 0 saturated carbocycles. The number of ether oxygens (including phenoxy) is 1. The third-order valence-electron chi connectivity index (χ3n) is 3.97. The van der Waals surface area contributed by atoms with Crippen molar-refractivity contribution in [2.24, 2.45) is 0 Å². The molecule has 0 radical (unpaired) electrons. The second-order valence-corrected chi connectivity index (χ2v) is 7.21. The molecule has 2 atom stereocenters. The molecule has 2 rings (SSSR count). The zero-order chi connectivity index (χ0) is 18.1. The zero-order valence-electron chi connectivity index (χ0n) is 14.9. The van der Waals surface area contributed by atoms with Crippen molar-refractivity contribution in [3.8, 4) is 0 Å². The maximum Gasteiger partial charge on any atom is 0.411 e. The number of likely N-dealkylation sites (tertiary alicyclic amines) is 1. The Balaban J connectivity index is 2.20. The standard InChI is InChI=1S/C18H26N2O4/c1-12-7-6-8-13(11-12)19(5)16(22)15-14(21)9-10-20(15)17(23)24-18(2,3)4/h6-8,11,14-15,21H,9-10H2,1-5H3/t14-,15-/m0/s1. The normalized spacial score (nSPS) is 20.8. The molecule has 1 N–H and O–H groups in total. The number of aliphatic hydroxyl groups is 1. The van der Waals surface area contributed by atoms with Gasteiger partial charge in [-0.05, 0) is 51.8 Å². The molecule has 132 valence electrons. The van der Waals surface area contributed by atoms with Gasteiger partial charge in [-0.1, -0.05) is 12.1 Å². The Morgan fingerprint density at radius 1 is 1.33 bits per heavy atom. The maximum atomic E-state index is 12.9. The molecule has 6 nitrogen and oxygen atoms in total. The highest BCUT2D eigenvalue weighted by atomic mass is 16.6. The molecule has 1 saturated heterocycles. The summed E-state index contributed by atoms with van der Waals surface area (Å²) in [7, 11) is 1.65. The van der Waals surface area contributed by atoms with Crippen LogP contribution in [0.25, 0.3) is 0 Å². The van der Waals surface area contributed by atoms with Crippen LogP contribution in [0.1, 0.15) is 32.8 Å². The van der Waals surface area contributed by atoms with Gasteiger partial charge in [0.2, 0.25) is 0 Å². The lowest BCUT2D eigenvalue weighted by Crippen LogP contribution is -2.51. The summed E-state index contributed by atoms with van der Waals surface area (Å²) in [5.41, 5.74) is 1.10. The number of benzene rings is 1. The van der Waals surface area contributed by atoms with E-state index in [-0.39, 0.29) is 5.91 Å². The molecule has 0 spiro atoms. The van der Waals surface area contributed by atoms with E-state index in [1.165, 1.54) is 9.80 Å². The minimum Gasteiger partial charge on any atom is -0.444 e. The molecule has 1 heterocycles. The highest BCUT2D eigenvalue weighted by molar-refractivity contribution is 5.99. The topological polar surface area (TPSA) is 70.1 Å². The lowest BCUT2D eigenvalue weighted by atomic mass is 10.1. The summed E-state index contributed by atoms with van der Waals surface area (Å²) in [4.78, 5) is 28.0. The minimum atomic E-state index is -0.926. The first kappa shape index (κ1) is 18.3. The van der Waals surface area contributed by atoms with Gasteiger partial charge in [0, 0.05) is 19.3 Å². The number of carbonyl (C=O) groups is 2. The molecule has 0 aliphatic carbocycles. The molecule has 2 amide bonds. The van der Waals surface area contributed by atoms with E-state index in [1.54, 1.807) is 27.8 Å². The van der Waals surface area contributed by atoms with Crippen LogP contribution in [-0.2, 0) is 9.53 Å². The Labute approximate surface area is 143 Å². The summed E-state index contributed by atoms with van der Waals surface area (Å²) in [5.74, 6) is -0.323. The molecule has 0 unspecified atom stereocenters. The van der Waals surface area contributed by atoms with Gasteiger partial charge in [-0.25, -0.2) is 4.79 Å². The summed E-state index contributed by atoms with van der Waals surface area (Å²) in [5, 5.41) is 10.2. The first-order valence-electron chi connectivity index (χ1n) is 8.12. The van der Waals surface area contributed by atoms with Crippen LogP contribution < -0.4 is 4.90 Å². The van der Waals surface area contributed by atoms with Gasteiger partial charge in [-0.2, -0.15) is 0 Å². The summed E-state index contributed by atoms with van der Waals surface area (Å²) in [6.45, 7) is 7.56. The van der Waals surface area contributed by atoms with Crippen molar-refractivity contribution in [3.63, 3.8) is 0 Å². The van der Waals surface area contributed by atoms with Crippen LogP contribution in [0, 0.1) is 6.92 Å². The third-order valence-corrected chi connectivity index (χ3v) is 3.97. The fourth-order valence-electron chi connectivity index (χ4n) is 2.76. The highest BCUT2D eigenvalue weighted by Gasteiger charge is 2.44. The van der Waals surface area contributed by atoms with Crippen molar-refractivity contribution in [1.29, 1.82) is 0 Å². The number of aliphatic hydroxyl groups excluding tert-OH is 1. The largest absolute Gasteiger partial charge is 0.444 e. The van der Waals surface area contributed by atoms with Crippen molar-refractivity contribution in [1.82, 2.24) is 4.90 Å². The maximum absolute atomic E-state index is 12.9. The molecular weight excluding hydrogens is 308 g/mol. The van der Waals surface area contributed by atoms with E-state index in [0.717, 1.165) is 11.3 Å². The fourth-order valence-corrected chi connectivity index (χ4v) is 2.76. The predicted molar refractivity (Wildman–Crippen MR) is 91.9 cm³/mol. The van der Waals surface area contributed by atoms with Crippen molar-refractivity contribution in [2.75, 3.05) is 18.5 Å². The van der Waals surface area contributed by atoms with E-state index >= 15 is 0 Å². The fraction of sp³-hybridized carbons (Fsp3) is 0.556. The molecule has 1 aliphatic rings. The zero-order valence-corrected chi connectivity index (χ0v) is 14.9. The molecule has 1 fully saturated rings. The monoisotopic (exact) mass is 334 g/mol. The van der Waals surface area contributed by atoms with E-state index in [0.29, 0.717) is 13.0 Å². The van der Waals surface area contributed by atoms with Crippen LogP contribution in [0.4, 0.5) is 10.5 Å². The molecule has 0 bridgehead atoms. The second kappa shape index (κ2) is 6.81. The van der Waals surface area contributed by atoms with Gasteiger partial charge >= 0.3 is 6.09 Å². The Morgan fingerprint density at radius 2 is 2.00 bits per heavy atom. The molecule has 1 aromatic carbocycles. The van der Waals surface area contributed by atoms with Gasteiger partial charge in [0.15, 0.2) is 0 Å². The van der Waals surface area contributed by atoms with Crippen LogP contribution >= 0.6 is 0 Å². The molecule has 1 aliphatic heterocycles. The summed E-state index contributed by atoms with van der Waals surface area (Å²) < 4.78 is 5.36. The number of nitrogens with zero attached hydrogens (tertiary/aromatic N) is 2. The molecular formula is C18H26N2O4. The number of rotatable bonds is 2. The SMILES string of the molecule is Cc1cccc(N(C)C(=O)[C@@H]2[C@@H](O)CCN2C(=O)OC(C)(C)C)c1. The van der Waals surface area contributed by atoms with Gasteiger partial charge in [0.05, 0.1) is 6.10 Å². The van der Waals surface area contributed by atoms with Crippen molar-refractivity contribution in [2.45, 2.75) is 51.9 Å². The smallest absolute Gasteiger partial charge is 0.411 e. The van der Waals surface area contributed by atoms with Crippen molar-refractivity contribution < 1.29 is 19.4 Å². The number of hydrogen-bond acceptors (Lipinski definition) is 4. The summed E-state index contributed by atoms with van der Waals surface area (Å²) >= 11 is 0.